The molecule has 0 aliphatic rings. The van der Waals surface area contributed by atoms with Crippen LogP contribution in [0.25, 0.3) is 0 Å². The smallest absolute Gasteiger partial charge is 0.272 e. The number of benzene rings is 1. The predicted molar refractivity (Wildman–Crippen MR) is 45.8 cm³/mol. The summed E-state index contributed by atoms with van der Waals surface area (Å²) in [4.78, 5) is 10.2. The normalized spacial score (nSPS) is 11.1. The Hall–Kier alpha value is -1.23. The number of hydrogen-bond acceptors (Lipinski definition) is 2. The van der Waals surface area contributed by atoms with Crippen LogP contribution in [0.3, 0.4) is 0 Å². The van der Waals surface area contributed by atoms with Crippen molar-refractivity contribution >= 4 is 22.5 Å². The number of nitrogens with zero attached hydrogens (tertiary/aromatic N) is 1. The Morgan fingerprint density at radius 1 is 1.29 bits per heavy atom. The average molecular weight is 224 g/mol. The van der Waals surface area contributed by atoms with Gasteiger partial charge in [-0.3, -0.25) is 4.79 Å². The van der Waals surface area contributed by atoms with Crippen molar-refractivity contribution in [3.05, 3.63) is 30.3 Å². The van der Waals surface area contributed by atoms with Crippen LogP contribution in [0.15, 0.2) is 30.3 Å². The molecule has 2 nitrogen and oxygen atoms in total. The number of rotatable bonds is 3. The summed E-state index contributed by atoms with van der Waals surface area (Å²) in [5, 5.41) is -3.04. The summed E-state index contributed by atoms with van der Waals surface area (Å²) >= 11 is 4.54. The van der Waals surface area contributed by atoms with E-state index in [4.69, 9.17) is 0 Å². The van der Waals surface area contributed by atoms with Crippen molar-refractivity contribution in [3.8, 4) is 0 Å². The van der Waals surface area contributed by atoms with Gasteiger partial charge in [0.2, 0.25) is 0 Å². The second-order valence-electron chi connectivity index (χ2n) is 2.43. The fraction of sp³-hybridized carbons (Fsp3) is 0.125. The van der Waals surface area contributed by atoms with Gasteiger partial charge in [-0.05, 0) is 23.7 Å². The van der Waals surface area contributed by atoms with E-state index in [0.29, 0.717) is 0 Å². The maximum atomic E-state index is 12.9. The lowest BCUT2D eigenvalue weighted by molar-refractivity contribution is -0.138. The van der Waals surface area contributed by atoms with Crippen molar-refractivity contribution in [1.29, 1.82) is 0 Å². The Bertz CT molecular complexity index is 331. The zero-order chi connectivity index (χ0) is 10.8. The van der Waals surface area contributed by atoms with Crippen LogP contribution in [0.4, 0.5) is 18.9 Å². The Kier molecular flexibility index (Phi) is 3.00. The van der Waals surface area contributed by atoms with Crippen molar-refractivity contribution in [3.63, 3.8) is 0 Å². The van der Waals surface area contributed by atoms with E-state index in [2.05, 4.69) is 11.6 Å². The SMILES string of the molecule is O=C(Cl)C(F)(F)N(F)c1ccccc1. The second kappa shape index (κ2) is 3.88. The maximum Gasteiger partial charge on any atom is 0.425 e. The van der Waals surface area contributed by atoms with Gasteiger partial charge in [-0.25, -0.2) is 0 Å². The first-order chi connectivity index (χ1) is 6.46. The summed E-state index contributed by atoms with van der Waals surface area (Å²) in [6.07, 6.45) is 0. The molecule has 0 heterocycles. The highest BCUT2D eigenvalue weighted by Gasteiger charge is 2.45. The highest BCUT2D eigenvalue weighted by atomic mass is 35.5. The van der Waals surface area contributed by atoms with Gasteiger partial charge in [-0.15, -0.1) is 5.12 Å². The Labute approximate surface area is 82.8 Å². The van der Waals surface area contributed by atoms with Crippen molar-refractivity contribution in [1.82, 2.24) is 0 Å². The molecule has 76 valence electrons. The quantitative estimate of drug-likeness (QED) is 0.446. The van der Waals surface area contributed by atoms with Gasteiger partial charge in [0.05, 0.1) is 5.69 Å². The van der Waals surface area contributed by atoms with Crippen LogP contribution in [-0.4, -0.2) is 11.3 Å². The van der Waals surface area contributed by atoms with Crippen molar-refractivity contribution in [2.45, 2.75) is 6.05 Å². The molecule has 0 fully saturated rings. The zero-order valence-electron chi connectivity index (χ0n) is 6.75. The van der Waals surface area contributed by atoms with E-state index in [1.807, 2.05) is 0 Å². The molecular weight excluding hydrogens is 219 g/mol. The number of carbonyl (C=O) groups is 1. The van der Waals surface area contributed by atoms with E-state index >= 15 is 0 Å². The van der Waals surface area contributed by atoms with E-state index in [1.165, 1.54) is 18.2 Å². The Morgan fingerprint density at radius 3 is 2.21 bits per heavy atom. The molecule has 6 heteroatoms. The van der Waals surface area contributed by atoms with Crippen LogP contribution < -0.4 is 5.12 Å². The lowest BCUT2D eigenvalue weighted by Crippen LogP contribution is -2.40. The number of alkyl halides is 2. The molecule has 0 saturated heterocycles. The van der Waals surface area contributed by atoms with Gasteiger partial charge in [-0.1, -0.05) is 22.7 Å². The molecule has 0 aliphatic carbocycles. The summed E-state index contributed by atoms with van der Waals surface area (Å²) < 4.78 is 38.3. The second-order valence-corrected chi connectivity index (χ2v) is 2.77. The molecule has 0 aromatic heterocycles. The highest BCUT2D eigenvalue weighted by molar-refractivity contribution is 6.65. The molecule has 0 saturated carbocycles. The first-order valence-electron chi connectivity index (χ1n) is 3.55. The summed E-state index contributed by atoms with van der Waals surface area (Å²) in [6, 6.07) is 2.08. The summed E-state index contributed by atoms with van der Waals surface area (Å²) in [6.45, 7) is 0. The van der Waals surface area contributed by atoms with E-state index in [-0.39, 0.29) is 0 Å². The Balaban J connectivity index is 2.96. The summed E-state index contributed by atoms with van der Waals surface area (Å²) in [5.41, 5.74) is -0.438. The third-order valence-corrected chi connectivity index (χ3v) is 1.69. The van der Waals surface area contributed by atoms with E-state index in [1.54, 1.807) is 0 Å². The van der Waals surface area contributed by atoms with Gasteiger partial charge in [0.15, 0.2) is 0 Å². The molecule has 1 aromatic rings. The molecule has 1 rings (SSSR count). The molecule has 1 aromatic carbocycles. The van der Waals surface area contributed by atoms with Gasteiger partial charge in [0.25, 0.3) is 0 Å². The van der Waals surface area contributed by atoms with Crippen LogP contribution in [0.1, 0.15) is 0 Å². The fourth-order valence-corrected chi connectivity index (χ4v) is 0.872. The van der Waals surface area contributed by atoms with Crippen molar-refractivity contribution in [2.75, 3.05) is 5.12 Å². The molecule has 0 aliphatic heterocycles. The minimum Gasteiger partial charge on any atom is -0.272 e. The van der Waals surface area contributed by atoms with Gasteiger partial charge < -0.3 is 0 Å². The van der Waals surface area contributed by atoms with Gasteiger partial charge in [-0.2, -0.15) is 8.78 Å². The minimum atomic E-state index is -4.34. The molecule has 14 heavy (non-hydrogen) atoms. The van der Waals surface area contributed by atoms with Crippen LogP contribution in [0.5, 0.6) is 0 Å². The lowest BCUT2D eigenvalue weighted by Gasteiger charge is -2.20. The third kappa shape index (κ3) is 1.98. The van der Waals surface area contributed by atoms with Crippen molar-refractivity contribution in [2.24, 2.45) is 0 Å². The molecule has 0 atom stereocenters. The molecule has 0 N–H and O–H groups in total. The zero-order valence-corrected chi connectivity index (χ0v) is 7.51. The van der Waals surface area contributed by atoms with Gasteiger partial charge >= 0.3 is 11.3 Å². The monoisotopic (exact) mass is 223 g/mol. The molecule has 0 spiro atoms. The largest absolute Gasteiger partial charge is 0.425 e. The Morgan fingerprint density at radius 2 is 1.79 bits per heavy atom. The van der Waals surface area contributed by atoms with Gasteiger partial charge in [0.1, 0.15) is 0 Å². The molecule has 0 amide bonds. The number of hydrogen-bond donors (Lipinski definition) is 0. The van der Waals surface area contributed by atoms with Gasteiger partial charge in [0, 0.05) is 0 Å². The van der Waals surface area contributed by atoms with Crippen LogP contribution in [0.2, 0.25) is 0 Å². The van der Waals surface area contributed by atoms with Crippen LogP contribution in [0, 0.1) is 0 Å². The highest BCUT2D eigenvalue weighted by Crippen LogP contribution is 2.29. The third-order valence-electron chi connectivity index (χ3n) is 1.47. The lowest BCUT2D eigenvalue weighted by atomic mass is 10.3. The predicted octanol–water partition coefficient (Wildman–Crippen LogP) is 2.74. The first kappa shape index (κ1) is 10.8. The van der Waals surface area contributed by atoms with Crippen molar-refractivity contribution < 1.29 is 18.1 Å². The number of carbonyl (C=O) groups excluding carboxylic acids is 1. The van der Waals surface area contributed by atoms with Crippen LogP contribution in [-0.2, 0) is 4.79 Å². The van der Waals surface area contributed by atoms with E-state index in [9.17, 15) is 18.1 Å². The maximum absolute atomic E-state index is 12.9. The molecule has 0 unspecified atom stereocenters. The fourth-order valence-electron chi connectivity index (χ4n) is 0.798. The summed E-state index contributed by atoms with van der Waals surface area (Å²) in [5.74, 6) is 0. The molecule has 0 bridgehead atoms. The number of anilines is 1. The molecular formula is C8H5ClF3NO. The average Bonchev–Trinajstić information content (AvgIpc) is 2.17. The molecule has 0 radical (unpaired) electrons. The topological polar surface area (TPSA) is 20.3 Å². The standard InChI is InChI=1S/C8H5ClF3NO/c9-7(14)8(10,11)13(12)6-4-2-1-3-5-6/h1-5H. The van der Waals surface area contributed by atoms with E-state index in [0.717, 1.165) is 12.1 Å². The van der Waals surface area contributed by atoms with E-state index < -0.39 is 22.1 Å². The number of para-hydroxylation sites is 1. The first-order valence-corrected chi connectivity index (χ1v) is 3.93. The summed E-state index contributed by atoms with van der Waals surface area (Å²) in [7, 11) is 0. The number of halogens is 4. The van der Waals surface area contributed by atoms with Crippen LogP contribution >= 0.6 is 11.6 Å². The minimum absolute atomic E-state index is 0.438.